The highest BCUT2D eigenvalue weighted by Crippen LogP contribution is 2.37. The molecular formula is C12H22O4. The molecule has 0 radical (unpaired) electrons. The van der Waals surface area contributed by atoms with Crippen molar-refractivity contribution in [3.05, 3.63) is 0 Å². The van der Waals surface area contributed by atoms with Gasteiger partial charge in [0.25, 0.3) is 0 Å². The fourth-order valence-electron chi connectivity index (χ4n) is 2.60. The maximum Gasteiger partial charge on any atom is 0.163 e. The van der Waals surface area contributed by atoms with Gasteiger partial charge in [-0.2, -0.15) is 0 Å². The molecule has 0 amide bonds. The second kappa shape index (κ2) is 3.67. The smallest absolute Gasteiger partial charge is 0.163 e. The second-order valence-corrected chi connectivity index (χ2v) is 5.61. The van der Waals surface area contributed by atoms with Gasteiger partial charge in [-0.1, -0.05) is 0 Å². The summed E-state index contributed by atoms with van der Waals surface area (Å²) < 4.78 is 23.2. The predicted molar refractivity (Wildman–Crippen MR) is 59.0 cm³/mol. The van der Waals surface area contributed by atoms with Crippen LogP contribution >= 0.6 is 0 Å². The Morgan fingerprint density at radius 1 is 0.625 bits per heavy atom. The van der Waals surface area contributed by atoms with E-state index in [1.165, 1.54) is 0 Å². The van der Waals surface area contributed by atoms with E-state index in [0.717, 1.165) is 0 Å². The molecule has 0 bridgehead atoms. The minimum absolute atomic E-state index is 0.0277. The third-order valence-electron chi connectivity index (χ3n) is 3.03. The summed E-state index contributed by atoms with van der Waals surface area (Å²) in [5, 5.41) is 0. The van der Waals surface area contributed by atoms with E-state index >= 15 is 0 Å². The van der Waals surface area contributed by atoms with Crippen molar-refractivity contribution in [3.8, 4) is 0 Å². The van der Waals surface area contributed by atoms with Gasteiger partial charge in [-0.25, -0.2) is 0 Å². The Morgan fingerprint density at radius 3 is 1.12 bits per heavy atom. The van der Waals surface area contributed by atoms with E-state index in [4.69, 9.17) is 18.9 Å². The van der Waals surface area contributed by atoms with Gasteiger partial charge in [0.2, 0.25) is 0 Å². The fraction of sp³-hybridized carbons (Fsp3) is 1.00. The van der Waals surface area contributed by atoms with E-state index in [-0.39, 0.29) is 24.4 Å². The van der Waals surface area contributed by atoms with Crippen LogP contribution in [0.4, 0.5) is 0 Å². The number of ether oxygens (including phenoxy) is 4. The average Bonchev–Trinajstić information content (AvgIpc) is 2.48. The molecule has 16 heavy (non-hydrogen) atoms. The lowest BCUT2D eigenvalue weighted by Crippen LogP contribution is -2.40. The van der Waals surface area contributed by atoms with Crippen LogP contribution in [0.25, 0.3) is 0 Å². The molecule has 2 aliphatic heterocycles. The van der Waals surface area contributed by atoms with Crippen LogP contribution in [0.2, 0.25) is 0 Å². The maximum absolute atomic E-state index is 5.88. The van der Waals surface area contributed by atoms with Gasteiger partial charge in [0.05, 0.1) is 12.2 Å². The number of hydrogen-bond acceptors (Lipinski definition) is 4. The van der Waals surface area contributed by atoms with Crippen molar-refractivity contribution in [1.29, 1.82) is 0 Å². The summed E-state index contributed by atoms with van der Waals surface area (Å²) in [4.78, 5) is 0. The highest BCUT2D eigenvalue weighted by atomic mass is 16.8. The Balaban J connectivity index is 2.09. The quantitative estimate of drug-likeness (QED) is 0.691. The van der Waals surface area contributed by atoms with Crippen LogP contribution in [0.1, 0.15) is 41.5 Å². The van der Waals surface area contributed by atoms with Crippen LogP contribution in [-0.4, -0.2) is 36.0 Å². The zero-order chi connectivity index (χ0) is 12.1. The first-order valence-electron chi connectivity index (χ1n) is 5.91. The lowest BCUT2D eigenvalue weighted by Gasteiger charge is -2.23. The molecule has 4 atom stereocenters. The molecule has 0 saturated carbocycles. The minimum Gasteiger partial charge on any atom is -0.345 e. The molecule has 2 heterocycles. The molecule has 0 aromatic heterocycles. The molecule has 2 saturated heterocycles. The maximum atomic E-state index is 5.88. The van der Waals surface area contributed by atoms with Gasteiger partial charge in [-0.05, 0) is 41.5 Å². The molecular weight excluding hydrogens is 208 g/mol. The van der Waals surface area contributed by atoms with E-state index in [0.29, 0.717) is 0 Å². The Labute approximate surface area is 97.2 Å². The Bertz CT molecular complexity index is 246. The van der Waals surface area contributed by atoms with Gasteiger partial charge in [-0.15, -0.1) is 0 Å². The normalized spacial score (nSPS) is 46.1. The lowest BCUT2D eigenvalue weighted by molar-refractivity contribution is -0.175. The van der Waals surface area contributed by atoms with Crippen LogP contribution < -0.4 is 0 Å². The first-order valence-corrected chi connectivity index (χ1v) is 5.91. The van der Waals surface area contributed by atoms with Crippen molar-refractivity contribution >= 4 is 0 Å². The Kier molecular flexibility index (Phi) is 2.82. The van der Waals surface area contributed by atoms with Crippen molar-refractivity contribution in [3.63, 3.8) is 0 Å². The largest absolute Gasteiger partial charge is 0.345 e. The fourth-order valence-corrected chi connectivity index (χ4v) is 2.60. The van der Waals surface area contributed by atoms with Gasteiger partial charge < -0.3 is 18.9 Å². The van der Waals surface area contributed by atoms with E-state index in [1.807, 2.05) is 41.5 Å². The molecule has 4 nitrogen and oxygen atoms in total. The summed E-state index contributed by atoms with van der Waals surface area (Å²) in [6.45, 7) is 11.7. The van der Waals surface area contributed by atoms with Crippen LogP contribution in [0.5, 0.6) is 0 Å². The molecule has 0 aromatic carbocycles. The third kappa shape index (κ3) is 2.25. The molecule has 2 rings (SSSR count). The zero-order valence-corrected chi connectivity index (χ0v) is 10.9. The van der Waals surface area contributed by atoms with Crippen LogP contribution in [-0.2, 0) is 18.9 Å². The van der Waals surface area contributed by atoms with Crippen LogP contribution in [0, 0.1) is 0 Å². The third-order valence-corrected chi connectivity index (χ3v) is 3.03. The molecule has 0 aliphatic carbocycles. The molecule has 2 aliphatic rings. The summed E-state index contributed by atoms with van der Waals surface area (Å²) in [6.07, 6.45) is -0.0709. The average molecular weight is 230 g/mol. The molecule has 0 spiro atoms. The highest BCUT2D eigenvalue weighted by molar-refractivity contribution is 4.92. The topological polar surface area (TPSA) is 36.9 Å². The number of hydrogen-bond donors (Lipinski definition) is 0. The minimum atomic E-state index is -0.528. The molecule has 0 unspecified atom stereocenters. The lowest BCUT2D eigenvalue weighted by atomic mass is 10.1. The SMILES string of the molecule is C[C@@H]1OC(C)(C)O[C@H]1[C@H]1OC(C)(C)O[C@@H]1C. The van der Waals surface area contributed by atoms with Gasteiger partial charge in [-0.3, -0.25) is 0 Å². The number of rotatable bonds is 1. The monoisotopic (exact) mass is 230 g/mol. The highest BCUT2D eigenvalue weighted by Gasteiger charge is 2.50. The Hall–Kier alpha value is -0.160. The molecule has 0 N–H and O–H groups in total. The predicted octanol–water partition coefficient (Wildman–Crippen LogP) is 2.07. The van der Waals surface area contributed by atoms with Gasteiger partial charge in [0, 0.05) is 0 Å². The summed E-state index contributed by atoms with van der Waals surface area (Å²) in [5.41, 5.74) is 0. The first kappa shape index (κ1) is 12.3. The van der Waals surface area contributed by atoms with Crippen molar-refractivity contribution in [2.75, 3.05) is 0 Å². The molecule has 2 fully saturated rings. The second-order valence-electron chi connectivity index (χ2n) is 5.61. The van der Waals surface area contributed by atoms with E-state index < -0.39 is 11.6 Å². The van der Waals surface area contributed by atoms with E-state index in [2.05, 4.69) is 0 Å². The van der Waals surface area contributed by atoms with Crippen LogP contribution in [0.3, 0.4) is 0 Å². The molecule has 4 heteroatoms. The summed E-state index contributed by atoms with van der Waals surface area (Å²) in [5.74, 6) is -1.06. The van der Waals surface area contributed by atoms with Crippen molar-refractivity contribution in [2.24, 2.45) is 0 Å². The van der Waals surface area contributed by atoms with Crippen molar-refractivity contribution in [2.45, 2.75) is 77.5 Å². The summed E-state index contributed by atoms with van der Waals surface area (Å²) >= 11 is 0. The first-order chi connectivity index (χ1) is 7.20. The standard InChI is InChI=1S/C12H22O4/c1-7-9(15-11(3,4)13-7)10-8(2)14-12(5,6)16-10/h7-10H,1-6H3/t7-,8+,9+,10-. The van der Waals surface area contributed by atoms with E-state index in [1.54, 1.807) is 0 Å². The zero-order valence-electron chi connectivity index (χ0n) is 10.9. The molecule has 94 valence electrons. The van der Waals surface area contributed by atoms with Gasteiger partial charge in [0.1, 0.15) is 12.2 Å². The summed E-state index contributed by atoms with van der Waals surface area (Å²) in [7, 11) is 0. The van der Waals surface area contributed by atoms with Gasteiger partial charge >= 0.3 is 0 Å². The van der Waals surface area contributed by atoms with Gasteiger partial charge in [0.15, 0.2) is 11.6 Å². The molecule has 0 aromatic rings. The van der Waals surface area contributed by atoms with E-state index in [9.17, 15) is 0 Å². The summed E-state index contributed by atoms with van der Waals surface area (Å²) in [6, 6.07) is 0. The van der Waals surface area contributed by atoms with Crippen LogP contribution in [0.15, 0.2) is 0 Å². The van der Waals surface area contributed by atoms with Crippen molar-refractivity contribution < 1.29 is 18.9 Å². The Morgan fingerprint density at radius 2 is 0.938 bits per heavy atom. The van der Waals surface area contributed by atoms with Crippen molar-refractivity contribution in [1.82, 2.24) is 0 Å².